The van der Waals surface area contributed by atoms with Crippen LogP contribution in [0.3, 0.4) is 0 Å². The second kappa shape index (κ2) is 4.68. The largest absolute Gasteiger partial charge is 0.353 e. The van der Waals surface area contributed by atoms with Crippen LogP contribution >= 0.6 is 0 Å². The molecule has 0 aromatic carbocycles. The van der Waals surface area contributed by atoms with Crippen LogP contribution in [0, 0.1) is 0 Å². The van der Waals surface area contributed by atoms with Crippen molar-refractivity contribution in [2.45, 2.75) is 6.42 Å². The number of rotatable bonds is 5. The highest BCUT2D eigenvalue weighted by molar-refractivity contribution is 6.64. The van der Waals surface area contributed by atoms with E-state index in [1.54, 1.807) is 12.5 Å². The molecule has 0 amide bonds. The molecule has 11 heavy (non-hydrogen) atoms. The average molecular weight is 150 g/mol. The van der Waals surface area contributed by atoms with E-state index in [2.05, 4.69) is 15.2 Å². The van der Waals surface area contributed by atoms with Gasteiger partial charge in [-0.15, -0.1) is 0 Å². The summed E-state index contributed by atoms with van der Waals surface area (Å²) in [5.74, 6) is 0. The number of H-pyrrole nitrogens is 1. The van der Waals surface area contributed by atoms with Crippen molar-refractivity contribution in [2.75, 3.05) is 6.54 Å². The quantitative estimate of drug-likeness (QED) is 0.333. The van der Waals surface area contributed by atoms with Gasteiger partial charge in [-0.3, -0.25) is 0 Å². The fourth-order valence-electron chi connectivity index (χ4n) is 0.760. The number of aromatic amines is 1. The summed E-state index contributed by atoms with van der Waals surface area (Å²) < 4.78 is 0. The van der Waals surface area contributed by atoms with Gasteiger partial charge < -0.3 is 15.0 Å². The lowest BCUT2D eigenvalue weighted by molar-refractivity contribution is 0.567. The molecule has 1 rings (SSSR count). The molecule has 5 heteroatoms. The van der Waals surface area contributed by atoms with Gasteiger partial charge in [-0.05, 0) is 6.54 Å². The normalized spacial score (nSPS) is 9.45. The lowest BCUT2D eigenvalue weighted by Gasteiger charge is -1.95. The number of carbonyl (C=O) groups is 1. The summed E-state index contributed by atoms with van der Waals surface area (Å²) in [7, 11) is 1.39. The van der Waals surface area contributed by atoms with Gasteiger partial charge in [-0.25, -0.2) is 4.98 Å². The lowest BCUT2D eigenvalue weighted by atomic mass is 9.99. The van der Waals surface area contributed by atoms with Gasteiger partial charge in [-0.2, -0.15) is 0 Å². The Morgan fingerprint density at radius 3 is 3.36 bits per heavy atom. The number of aromatic nitrogens is 2. The van der Waals surface area contributed by atoms with Crippen LogP contribution in [-0.4, -0.2) is 30.1 Å². The van der Waals surface area contributed by atoms with Crippen molar-refractivity contribution in [3.05, 3.63) is 18.2 Å². The Morgan fingerprint density at radius 2 is 2.73 bits per heavy atom. The predicted octanol–water partition coefficient (Wildman–Crippen LogP) is -0.649. The molecule has 0 saturated heterocycles. The van der Waals surface area contributed by atoms with E-state index in [0.29, 0.717) is 0 Å². The van der Waals surface area contributed by atoms with Gasteiger partial charge in [-0.1, -0.05) is 0 Å². The lowest BCUT2D eigenvalue weighted by Crippen LogP contribution is -2.22. The fourth-order valence-corrected chi connectivity index (χ4v) is 0.760. The van der Waals surface area contributed by atoms with Crippen LogP contribution < -0.4 is 5.23 Å². The molecule has 0 spiro atoms. The van der Waals surface area contributed by atoms with Gasteiger partial charge in [0.15, 0.2) is 0 Å². The third kappa shape index (κ3) is 3.00. The molecule has 0 atom stereocenters. The molecule has 57 valence electrons. The van der Waals surface area contributed by atoms with Crippen molar-refractivity contribution in [3.8, 4) is 0 Å². The highest BCUT2D eigenvalue weighted by atomic mass is 16.1. The zero-order valence-electron chi connectivity index (χ0n) is 6.08. The summed E-state index contributed by atoms with van der Waals surface area (Å²) in [6.07, 6.45) is 4.98. The van der Waals surface area contributed by atoms with E-state index in [1.807, 2.05) is 0 Å². The first kappa shape index (κ1) is 8.01. The Morgan fingerprint density at radius 1 is 1.82 bits per heavy atom. The molecule has 0 saturated carbocycles. The average Bonchev–Trinajstić information content (AvgIpc) is 2.50. The smallest absolute Gasteiger partial charge is 0.290 e. The zero-order chi connectivity index (χ0) is 7.94. The van der Waals surface area contributed by atoms with E-state index in [9.17, 15) is 4.79 Å². The molecule has 0 aliphatic rings. The van der Waals surface area contributed by atoms with Crippen LogP contribution in [0.1, 0.15) is 5.69 Å². The fraction of sp³-hybridized carbons (Fsp3) is 0.333. The van der Waals surface area contributed by atoms with Crippen LogP contribution in [0.2, 0.25) is 0 Å². The monoisotopic (exact) mass is 150 g/mol. The van der Waals surface area contributed by atoms with Crippen molar-refractivity contribution in [3.63, 3.8) is 0 Å². The van der Waals surface area contributed by atoms with Crippen LogP contribution in [0.5, 0.6) is 0 Å². The van der Waals surface area contributed by atoms with Crippen LogP contribution in [0.25, 0.3) is 0 Å². The number of hydrogen-bond donors (Lipinski definition) is 2. The second-order valence-electron chi connectivity index (χ2n) is 2.08. The number of hydrogen-bond acceptors (Lipinski definition) is 3. The summed E-state index contributed by atoms with van der Waals surface area (Å²) in [5.41, 5.74) is 1.07. The minimum atomic E-state index is 0.729. The first-order chi connectivity index (χ1) is 5.43. The molecule has 0 aliphatic carbocycles. The summed E-state index contributed by atoms with van der Waals surface area (Å²) >= 11 is 0. The summed E-state index contributed by atoms with van der Waals surface area (Å²) in [6.45, 7) is 0.751. The SMILES string of the molecule is O=C[B]NCCc1cnc[nH]1. The van der Waals surface area contributed by atoms with Gasteiger partial charge >= 0.3 is 0 Å². The van der Waals surface area contributed by atoms with Crippen LogP contribution in [0.15, 0.2) is 12.5 Å². The molecule has 1 aromatic rings. The van der Waals surface area contributed by atoms with Gasteiger partial charge in [0.25, 0.3) is 7.41 Å². The van der Waals surface area contributed by atoms with E-state index in [4.69, 9.17) is 0 Å². The van der Waals surface area contributed by atoms with Crippen LogP contribution in [0.4, 0.5) is 0 Å². The minimum Gasteiger partial charge on any atom is -0.353 e. The number of carbonyl (C=O) groups excluding carboxylic acids is 1. The summed E-state index contributed by atoms with van der Waals surface area (Å²) in [4.78, 5) is 16.6. The van der Waals surface area contributed by atoms with Gasteiger partial charge in [0.05, 0.1) is 12.5 Å². The molecule has 4 nitrogen and oxygen atoms in total. The highest BCUT2D eigenvalue weighted by Gasteiger charge is 1.92. The van der Waals surface area contributed by atoms with E-state index < -0.39 is 0 Å². The molecule has 1 radical (unpaired) electrons. The standard InChI is InChI=1S/C6H9BN3O/c11-4-7-10-2-1-6-3-8-5-9-6/h3-5,10H,1-2H2,(H,8,9). The van der Waals surface area contributed by atoms with Crippen molar-refractivity contribution >= 4 is 13.6 Å². The van der Waals surface area contributed by atoms with E-state index >= 15 is 0 Å². The van der Waals surface area contributed by atoms with Gasteiger partial charge in [0, 0.05) is 18.3 Å². The van der Waals surface area contributed by atoms with Crippen LogP contribution in [-0.2, 0) is 11.2 Å². The number of nitrogens with one attached hydrogen (secondary N) is 2. The molecule has 1 heterocycles. The molecule has 0 bridgehead atoms. The third-order valence-electron chi connectivity index (χ3n) is 1.28. The molecule has 1 aromatic heterocycles. The Labute approximate surface area is 65.7 Å². The molecule has 0 aliphatic heterocycles. The summed E-state index contributed by atoms with van der Waals surface area (Å²) in [5, 5.41) is 2.83. The van der Waals surface area contributed by atoms with Crippen molar-refractivity contribution < 1.29 is 4.79 Å². The van der Waals surface area contributed by atoms with E-state index in [-0.39, 0.29) is 0 Å². The molecule has 0 fully saturated rings. The number of imidazole rings is 1. The highest BCUT2D eigenvalue weighted by Crippen LogP contribution is 1.89. The Hall–Kier alpha value is -1.10. The minimum absolute atomic E-state index is 0.729. The maximum atomic E-state index is 9.83. The van der Waals surface area contributed by atoms with E-state index in [0.717, 1.165) is 24.8 Å². The first-order valence-corrected chi connectivity index (χ1v) is 3.41. The van der Waals surface area contributed by atoms with Crippen molar-refractivity contribution in [2.24, 2.45) is 0 Å². The zero-order valence-corrected chi connectivity index (χ0v) is 6.08. The first-order valence-electron chi connectivity index (χ1n) is 3.41. The second-order valence-corrected chi connectivity index (χ2v) is 2.08. The van der Waals surface area contributed by atoms with E-state index in [1.165, 1.54) is 7.41 Å². The maximum absolute atomic E-state index is 9.83. The Kier molecular flexibility index (Phi) is 3.41. The maximum Gasteiger partial charge on any atom is 0.290 e. The third-order valence-corrected chi connectivity index (χ3v) is 1.28. The topological polar surface area (TPSA) is 57.8 Å². The predicted molar refractivity (Wildman–Crippen MR) is 42.8 cm³/mol. The molecular formula is C6H9BN3O. The van der Waals surface area contributed by atoms with Gasteiger partial charge in [0.2, 0.25) is 0 Å². The van der Waals surface area contributed by atoms with Crippen molar-refractivity contribution in [1.29, 1.82) is 0 Å². The molecular weight excluding hydrogens is 141 g/mol. The summed E-state index contributed by atoms with van der Waals surface area (Å²) in [6, 6.07) is 0. The Balaban J connectivity index is 2.09. The molecule has 0 unspecified atom stereocenters. The van der Waals surface area contributed by atoms with Crippen molar-refractivity contribution in [1.82, 2.24) is 15.2 Å². The molecule has 2 N–H and O–H groups in total. The Bertz CT molecular complexity index is 200. The van der Waals surface area contributed by atoms with Gasteiger partial charge in [0.1, 0.15) is 0 Å². The number of nitrogens with zero attached hydrogens (tertiary/aromatic N) is 1.